The Kier molecular flexibility index (Phi) is 6.53. The minimum atomic E-state index is -3.37. The molecule has 0 heterocycles. The van der Waals surface area contributed by atoms with Crippen LogP contribution in [0.1, 0.15) is 26.3 Å². The van der Waals surface area contributed by atoms with Gasteiger partial charge in [0.2, 0.25) is 0 Å². The van der Waals surface area contributed by atoms with E-state index < -0.39 is 34.3 Å². The van der Waals surface area contributed by atoms with Crippen molar-refractivity contribution in [2.24, 2.45) is 0 Å². The van der Waals surface area contributed by atoms with Crippen LogP contribution in [0.15, 0.2) is 47.4 Å². The highest BCUT2D eigenvalue weighted by molar-refractivity contribution is 7.90. The van der Waals surface area contributed by atoms with Gasteiger partial charge in [-0.1, -0.05) is 6.07 Å². The summed E-state index contributed by atoms with van der Waals surface area (Å²) < 4.78 is 32.4. The summed E-state index contributed by atoms with van der Waals surface area (Å²) in [5.74, 6) is -1.90. The van der Waals surface area contributed by atoms with E-state index in [2.05, 4.69) is 10.1 Å². The quantitative estimate of drug-likeness (QED) is 0.731. The molecular weight excluding hydrogens is 386 g/mol. The predicted molar refractivity (Wildman–Crippen MR) is 101 cm³/mol. The standard InChI is InChI=1S/C19H19NO7S/c1-12-4-5-14(18(22)26-2)10-16(12)20-17(21)11-27-19(23)13-6-8-15(9-7-13)28(3,24)25/h4-10H,11H2,1-3H3,(H,20,21). The second kappa shape index (κ2) is 8.66. The van der Waals surface area contributed by atoms with Crippen molar-refractivity contribution in [1.82, 2.24) is 0 Å². The first kappa shape index (κ1) is 21.1. The lowest BCUT2D eigenvalue weighted by Crippen LogP contribution is -2.21. The fourth-order valence-corrected chi connectivity index (χ4v) is 2.87. The number of carbonyl (C=O) groups excluding carboxylic acids is 3. The number of hydrogen-bond acceptors (Lipinski definition) is 7. The zero-order valence-electron chi connectivity index (χ0n) is 15.5. The van der Waals surface area contributed by atoms with Gasteiger partial charge in [-0.3, -0.25) is 4.79 Å². The minimum absolute atomic E-state index is 0.0720. The number of ether oxygens (including phenoxy) is 2. The molecule has 0 atom stereocenters. The first-order chi connectivity index (χ1) is 13.1. The fraction of sp³-hybridized carbons (Fsp3) is 0.211. The van der Waals surface area contributed by atoms with E-state index in [0.29, 0.717) is 11.3 Å². The van der Waals surface area contributed by atoms with Gasteiger partial charge in [0.05, 0.1) is 23.1 Å². The first-order valence-electron chi connectivity index (χ1n) is 8.08. The van der Waals surface area contributed by atoms with Crippen LogP contribution in [0.2, 0.25) is 0 Å². The van der Waals surface area contributed by atoms with Crippen LogP contribution in [-0.4, -0.2) is 46.2 Å². The molecule has 0 fully saturated rings. The molecule has 0 aliphatic carbocycles. The molecule has 0 aromatic heterocycles. The number of amides is 1. The van der Waals surface area contributed by atoms with Crippen molar-refractivity contribution in [3.63, 3.8) is 0 Å². The van der Waals surface area contributed by atoms with Gasteiger partial charge < -0.3 is 14.8 Å². The van der Waals surface area contributed by atoms with Gasteiger partial charge in [0.25, 0.3) is 5.91 Å². The number of nitrogens with one attached hydrogen (secondary N) is 1. The first-order valence-corrected chi connectivity index (χ1v) is 9.97. The highest BCUT2D eigenvalue weighted by Crippen LogP contribution is 2.17. The topological polar surface area (TPSA) is 116 Å². The molecule has 1 amide bonds. The third-order valence-electron chi connectivity index (χ3n) is 3.79. The summed E-state index contributed by atoms with van der Waals surface area (Å²) in [7, 11) is -2.12. The summed E-state index contributed by atoms with van der Waals surface area (Å²) in [5, 5.41) is 2.56. The second-order valence-corrected chi connectivity index (χ2v) is 7.96. The third kappa shape index (κ3) is 5.40. The van der Waals surface area contributed by atoms with Crippen LogP contribution >= 0.6 is 0 Å². The molecule has 0 saturated heterocycles. The molecule has 2 aromatic carbocycles. The highest BCUT2D eigenvalue weighted by Gasteiger charge is 2.14. The Morgan fingerprint density at radius 1 is 0.964 bits per heavy atom. The van der Waals surface area contributed by atoms with Crippen molar-refractivity contribution >= 4 is 33.4 Å². The van der Waals surface area contributed by atoms with Gasteiger partial charge in [0.1, 0.15) is 0 Å². The molecule has 1 N–H and O–H groups in total. The number of hydrogen-bond donors (Lipinski definition) is 1. The lowest BCUT2D eigenvalue weighted by molar-refractivity contribution is -0.119. The molecule has 148 valence electrons. The average molecular weight is 405 g/mol. The summed E-state index contributed by atoms with van der Waals surface area (Å²) in [5.41, 5.74) is 1.49. The Morgan fingerprint density at radius 2 is 1.57 bits per heavy atom. The Bertz CT molecular complexity index is 1010. The summed E-state index contributed by atoms with van der Waals surface area (Å²) >= 11 is 0. The van der Waals surface area contributed by atoms with Gasteiger partial charge in [0, 0.05) is 11.9 Å². The molecule has 28 heavy (non-hydrogen) atoms. The van der Waals surface area contributed by atoms with E-state index in [0.717, 1.165) is 6.26 Å². The molecule has 0 aliphatic heterocycles. The number of anilines is 1. The summed E-state index contributed by atoms with van der Waals surface area (Å²) in [6, 6.07) is 9.86. The predicted octanol–water partition coefficient (Wildman–Crippen LogP) is 1.98. The van der Waals surface area contributed by atoms with Gasteiger partial charge in [-0.25, -0.2) is 18.0 Å². The van der Waals surface area contributed by atoms with E-state index in [-0.39, 0.29) is 16.0 Å². The molecule has 0 unspecified atom stereocenters. The molecular formula is C19H19NO7S. The van der Waals surface area contributed by atoms with Gasteiger partial charge in [-0.05, 0) is 48.9 Å². The molecule has 8 nitrogen and oxygen atoms in total. The average Bonchev–Trinajstić information content (AvgIpc) is 2.66. The van der Waals surface area contributed by atoms with Crippen LogP contribution in [0.3, 0.4) is 0 Å². The lowest BCUT2D eigenvalue weighted by atomic mass is 10.1. The smallest absolute Gasteiger partial charge is 0.338 e. The maximum absolute atomic E-state index is 12.1. The minimum Gasteiger partial charge on any atom is -0.465 e. The molecule has 2 aromatic rings. The van der Waals surface area contributed by atoms with Gasteiger partial charge in [-0.15, -0.1) is 0 Å². The molecule has 2 rings (SSSR count). The van der Waals surface area contributed by atoms with E-state index in [1.165, 1.54) is 37.4 Å². The SMILES string of the molecule is COC(=O)c1ccc(C)c(NC(=O)COC(=O)c2ccc(S(C)(=O)=O)cc2)c1. The van der Waals surface area contributed by atoms with E-state index >= 15 is 0 Å². The van der Waals surface area contributed by atoms with Gasteiger partial charge in [0.15, 0.2) is 16.4 Å². The molecule has 0 radical (unpaired) electrons. The number of rotatable bonds is 6. The van der Waals surface area contributed by atoms with Crippen molar-refractivity contribution < 1.29 is 32.3 Å². The summed E-state index contributed by atoms with van der Waals surface area (Å²) in [6.45, 7) is 1.20. The van der Waals surface area contributed by atoms with Crippen molar-refractivity contribution in [1.29, 1.82) is 0 Å². The number of sulfone groups is 1. The van der Waals surface area contributed by atoms with Gasteiger partial charge >= 0.3 is 11.9 Å². The number of carbonyl (C=O) groups is 3. The van der Waals surface area contributed by atoms with Crippen LogP contribution in [0, 0.1) is 6.92 Å². The van der Waals surface area contributed by atoms with E-state index in [1.807, 2.05) is 0 Å². The fourth-order valence-electron chi connectivity index (χ4n) is 2.24. The van der Waals surface area contributed by atoms with Crippen molar-refractivity contribution in [2.45, 2.75) is 11.8 Å². The number of esters is 2. The molecule has 0 bridgehead atoms. The molecule has 0 saturated carbocycles. The van der Waals surface area contributed by atoms with Crippen LogP contribution in [0.25, 0.3) is 0 Å². The van der Waals surface area contributed by atoms with Crippen LogP contribution in [0.4, 0.5) is 5.69 Å². The maximum atomic E-state index is 12.1. The Hall–Kier alpha value is -3.20. The molecule has 0 spiro atoms. The van der Waals surface area contributed by atoms with E-state index in [1.54, 1.807) is 19.1 Å². The van der Waals surface area contributed by atoms with Crippen LogP contribution in [0.5, 0.6) is 0 Å². The number of methoxy groups -OCH3 is 1. The van der Waals surface area contributed by atoms with Crippen LogP contribution < -0.4 is 5.32 Å². The molecule has 9 heteroatoms. The zero-order valence-corrected chi connectivity index (χ0v) is 16.3. The summed E-state index contributed by atoms with van der Waals surface area (Å²) in [6.07, 6.45) is 1.06. The number of aryl methyl sites for hydroxylation is 1. The van der Waals surface area contributed by atoms with Crippen molar-refractivity contribution in [2.75, 3.05) is 25.3 Å². The third-order valence-corrected chi connectivity index (χ3v) is 4.91. The highest BCUT2D eigenvalue weighted by atomic mass is 32.2. The number of benzene rings is 2. The van der Waals surface area contributed by atoms with Crippen LogP contribution in [-0.2, 0) is 24.1 Å². The Morgan fingerprint density at radius 3 is 2.14 bits per heavy atom. The van der Waals surface area contributed by atoms with Crippen molar-refractivity contribution in [3.8, 4) is 0 Å². The summed E-state index contributed by atoms with van der Waals surface area (Å²) in [4.78, 5) is 35.7. The van der Waals surface area contributed by atoms with E-state index in [9.17, 15) is 22.8 Å². The van der Waals surface area contributed by atoms with Gasteiger partial charge in [-0.2, -0.15) is 0 Å². The Labute approximate surface area is 162 Å². The molecule has 0 aliphatic rings. The maximum Gasteiger partial charge on any atom is 0.338 e. The lowest BCUT2D eigenvalue weighted by Gasteiger charge is -2.10. The normalized spacial score (nSPS) is 10.8. The second-order valence-electron chi connectivity index (χ2n) is 5.94. The largest absolute Gasteiger partial charge is 0.465 e. The Balaban J connectivity index is 1.99. The monoisotopic (exact) mass is 405 g/mol. The van der Waals surface area contributed by atoms with Crippen molar-refractivity contribution in [3.05, 3.63) is 59.2 Å². The zero-order chi connectivity index (χ0) is 20.9. The van der Waals surface area contributed by atoms with E-state index in [4.69, 9.17) is 4.74 Å².